The molecule has 2 N–H and O–H groups in total. The quantitative estimate of drug-likeness (QED) is 0.600. The minimum Gasteiger partial charge on any atom is -0.399 e. The zero-order valence-corrected chi connectivity index (χ0v) is 12.9. The highest BCUT2D eigenvalue weighted by molar-refractivity contribution is 6.61. The second-order valence-electron chi connectivity index (χ2n) is 5.96. The number of aromatic nitrogens is 2. The molecule has 0 unspecified atom stereocenters. The summed E-state index contributed by atoms with van der Waals surface area (Å²) in [5.41, 5.74) is 0.144. The Morgan fingerprint density at radius 3 is 2.10 bits per heavy atom. The summed E-state index contributed by atoms with van der Waals surface area (Å²) in [4.78, 5) is 8.56. The molecule has 1 saturated heterocycles. The highest BCUT2D eigenvalue weighted by atomic mass is 16.7. The fraction of sp³-hybridized carbons (Fsp3) is 0.692. The maximum Gasteiger partial charge on any atom is 0.498 e. The lowest BCUT2D eigenvalue weighted by atomic mass is 9.81. The molecule has 1 aliphatic rings. The van der Waals surface area contributed by atoms with Crippen LogP contribution >= 0.6 is 0 Å². The number of hydrogen-bond acceptors (Lipinski definition) is 6. The Balaban J connectivity index is 2.01. The van der Waals surface area contributed by atoms with E-state index >= 15 is 0 Å². The lowest BCUT2D eigenvalue weighted by Gasteiger charge is -2.32. The largest absolute Gasteiger partial charge is 0.498 e. The van der Waals surface area contributed by atoms with E-state index in [2.05, 4.69) is 20.6 Å². The van der Waals surface area contributed by atoms with Crippen LogP contribution in [0.1, 0.15) is 27.7 Å². The van der Waals surface area contributed by atoms with Crippen LogP contribution in [0.4, 0.5) is 5.95 Å². The molecule has 0 aromatic carbocycles. The molecule has 6 nitrogen and oxygen atoms in total. The number of nitrogens with one attached hydrogen (secondary N) is 2. The van der Waals surface area contributed by atoms with Crippen LogP contribution in [0.2, 0.25) is 0 Å². The molecule has 1 aliphatic heterocycles. The average Bonchev–Trinajstić information content (AvgIpc) is 2.60. The van der Waals surface area contributed by atoms with E-state index in [-0.39, 0.29) is 11.2 Å². The summed E-state index contributed by atoms with van der Waals surface area (Å²) in [5, 5.41) is 6.18. The van der Waals surface area contributed by atoms with E-state index in [0.717, 1.165) is 18.6 Å². The topological polar surface area (TPSA) is 68.3 Å². The van der Waals surface area contributed by atoms with Gasteiger partial charge in [-0.2, -0.15) is 0 Å². The van der Waals surface area contributed by atoms with Gasteiger partial charge < -0.3 is 19.9 Å². The molecule has 2 rings (SSSR count). The molecule has 1 aromatic heterocycles. The number of anilines is 1. The van der Waals surface area contributed by atoms with E-state index in [1.54, 1.807) is 12.4 Å². The van der Waals surface area contributed by atoms with Crippen LogP contribution in [-0.2, 0) is 9.31 Å². The maximum absolute atomic E-state index is 5.96. The second-order valence-corrected chi connectivity index (χ2v) is 5.96. The second kappa shape index (κ2) is 5.67. The third-order valence-electron chi connectivity index (χ3n) is 3.86. The zero-order chi connectivity index (χ0) is 14.8. The van der Waals surface area contributed by atoms with Gasteiger partial charge in [-0.1, -0.05) is 0 Å². The van der Waals surface area contributed by atoms with Crippen molar-refractivity contribution in [3.63, 3.8) is 0 Å². The van der Waals surface area contributed by atoms with Gasteiger partial charge in [-0.3, -0.25) is 0 Å². The van der Waals surface area contributed by atoms with Crippen molar-refractivity contribution in [2.45, 2.75) is 38.9 Å². The van der Waals surface area contributed by atoms with Crippen molar-refractivity contribution >= 4 is 18.5 Å². The van der Waals surface area contributed by atoms with Crippen molar-refractivity contribution in [2.75, 3.05) is 25.5 Å². The van der Waals surface area contributed by atoms with E-state index in [0.29, 0.717) is 5.95 Å². The number of hydrogen-bond donors (Lipinski definition) is 2. The van der Waals surface area contributed by atoms with Gasteiger partial charge in [0, 0.05) is 30.9 Å². The van der Waals surface area contributed by atoms with Gasteiger partial charge in [-0.25, -0.2) is 9.97 Å². The summed E-state index contributed by atoms with van der Waals surface area (Å²) >= 11 is 0. The van der Waals surface area contributed by atoms with Crippen molar-refractivity contribution in [3.05, 3.63) is 12.4 Å². The average molecular weight is 278 g/mol. The molecule has 7 heteroatoms. The first-order valence-electron chi connectivity index (χ1n) is 6.92. The summed E-state index contributed by atoms with van der Waals surface area (Å²) in [5.74, 6) is 0.612. The van der Waals surface area contributed by atoms with Crippen LogP contribution in [0.25, 0.3) is 0 Å². The third-order valence-corrected chi connectivity index (χ3v) is 3.86. The van der Waals surface area contributed by atoms with Crippen LogP contribution in [-0.4, -0.2) is 48.4 Å². The van der Waals surface area contributed by atoms with E-state index in [1.165, 1.54) is 0 Å². The Bertz CT molecular complexity index is 434. The van der Waals surface area contributed by atoms with E-state index in [4.69, 9.17) is 9.31 Å². The molecular formula is C13H23BN4O2. The molecule has 0 atom stereocenters. The van der Waals surface area contributed by atoms with Crippen molar-refractivity contribution in [2.24, 2.45) is 0 Å². The van der Waals surface area contributed by atoms with Gasteiger partial charge in [-0.15, -0.1) is 0 Å². The fourth-order valence-electron chi connectivity index (χ4n) is 1.83. The third kappa shape index (κ3) is 3.11. The minimum atomic E-state index is -0.411. The normalized spacial score (nSPS) is 20.1. The van der Waals surface area contributed by atoms with Gasteiger partial charge in [0.1, 0.15) is 0 Å². The van der Waals surface area contributed by atoms with Gasteiger partial charge in [0.15, 0.2) is 0 Å². The molecule has 0 saturated carbocycles. The zero-order valence-electron chi connectivity index (χ0n) is 12.9. The van der Waals surface area contributed by atoms with Gasteiger partial charge in [0.2, 0.25) is 5.95 Å². The maximum atomic E-state index is 5.96. The molecule has 0 amide bonds. The standard InChI is InChI=1S/C13H23BN4O2/c1-12(2)13(3,4)20-14(19-12)10-8-17-11(18-9-10)16-7-6-15-5/h8-9,15H,6-7H2,1-5H3,(H,16,17,18). The Morgan fingerprint density at radius 2 is 1.60 bits per heavy atom. The lowest BCUT2D eigenvalue weighted by Crippen LogP contribution is -2.41. The summed E-state index contributed by atoms with van der Waals surface area (Å²) in [6.07, 6.45) is 3.49. The predicted molar refractivity (Wildman–Crippen MR) is 80.2 cm³/mol. The van der Waals surface area contributed by atoms with E-state index in [1.807, 2.05) is 34.7 Å². The molecule has 2 heterocycles. The van der Waals surface area contributed by atoms with Crippen LogP contribution in [0.5, 0.6) is 0 Å². The summed E-state index contributed by atoms with van der Waals surface area (Å²) in [7, 11) is 1.50. The van der Waals surface area contributed by atoms with Crippen molar-refractivity contribution in [3.8, 4) is 0 Å². The lowest BCUT2D eigenvalue weighted by molar-refractivity contribution is 0.00578. The summed E-state index contributed by atoms with van der Waals surface area (Å²) < 4.78 is 11.9. The Kier molecular flexibility index (Phi) is 4.32. The summed E-state index contributed by atoms with van der Waals surface area (Å²) in [6, 6.07) is 0. The molecule has 0 aliphatic carbocycles. The molecular weight excluding hydrogens is 255 g/mol. The van der Waals surface area contributed by atoms with Gasteiger partial charge >= 0.3 is 7.12 Å². The highest BCUT2D eigenvalue weighted by Crippen LogP contribution is 2.36. The Morgan fingerprint density at radius 1 is 1.05 bits per heavy atom. The van der Waals surface area contributed by atoms with Crippen molar-refractivity contribution in [1.82, 2.24) is 15.3 Å². The molecule has 1 fully saturated rings. The fourth-order valence-corrected chi connectivity index (χ4v) is 1.83. The minimum absolute atomic E-state index is 0.346. The van der Waals surface area contributed by atoms with Gasteiger partial charge in [-0.05, 0) is 34.7 Å². The number of nitrogens with zero attached hydrogens (tertiary/aromatic N) is 2. The van der Waals surface area contributed by atoms with Crippen LogP contribution < -0.4 is 16.1 Å². The van der Waals surface area contributed by atoms with Crippen molar-refractivity contribution < 1.29 is 9.31 Å². The first-order valence-corrected chi connectivity index (χ1v) is 6.92. The Hall–Kier alpha value is -1.18. The van der Waals surface area contributed by atoms with E-state index in [9.17, 15) is 0 Å². The van der Waals surface area contributed by atoms with Crippen LogP contribution in [0.15, 0.2) is 12.4 Å². The molecule has 0 spiro atoms. The first kappa shape index (κ1) is 15.2. The Labute approximate surface area is 120 Å². The molecule has 20 heavy (non-hydrogen) atoms. The highest BCUT2D eigenvalue weighted by Gasteiger charge is 2.51. The molecule has 0 bridgehead atoms. The molecule has 0 radical (unpaired) electrons. The monoisotopic (exact) mass is 278 g/mol. The van der Waals surface area contributed by atoms with Crippen molar-refractivity contribution in [1.29, 1.82) is 0 Å². The number of likely N-dealkylation sites (N-methyl/N-ethyl adjacent to an activating group) is 1. The smallest absolute Gasteiger partial charge is 0.399 e. The van der Waals surface area contributed by atoms with Gasteiger partial charge in [0.05, 0.1) is 11.2 Å². The van der Waals surface area contributed by atoms with Crippen LogP contribution in [0.3, 0.4) is 0 Å². The van der Waals surface area contributed by atoms with Gasteiger partial charge in [0.25, 0.3) is 0 Å². The molecule has 1 aromatic rings. The van der Waals surface area contributed by atoms with E-state index < -0.39 is 7.12 Å². The first-order chi connectivity index (χ1) is 9.36. The number of rotatable bonds is 5. The summed E-state index contributed by atoms with van der Waals surface area (Å²) in [6.45, 7) is 9.76. The molecule has 110 valence electrons. The SMILES string of the molecule is CNCCNc1ncc(B2OC(C)(C)C(C)(C)O2)cn1. The predicted octanol–water partition coefficient (Wildman–Crippen LogP) is 0.407. The van der Waals surface area contributed by atoms with Crippen LogP contribution in [0, 0.1) is 0 Å².